The van der Waals surface area contributed by atoms with Crippen LogP contribution in [0.3, 0.4) is 0 Å². The highest BCUT2D eigenvalue weighted by Crippen LogP contribution is 2.22. The third-order valence-corrected chi connectivity index (χ3v) is 3.13. The summed E-state index contributed by atoms with van der Waals surface area (Å²) in [6.45, 7) is 4.03. The smallest absolute Gasteiger partial charge is 0.162 e. The lowest BCUT2D eigenvalue weighted by atomic mass is 10.0. The summed E-state index contributed by atoms with van der Waals surface area (Å²) in [6.07, 6.45) is 5.28. The lowest BCUT2D eigenvalue weighted by Gasteiger charge is -2.19. The zero-order valence-electron chi connectivity index (χ0n) is 9.86. The minimum atomic E-state index is 0.788. The molecule has 4 nitrogen and oxygen atoms in total. The predicted octanol–water partition coefficient (Wildman–Crippen LogP) is 1.94. The lowest BCUT2D eigenvalue weighted by molar-refractivity contribution is 0.567. The maximum absolute atomic E-state index is 5.09. The first-order valence-electron chi connectivity index (χ1n) is 6.00. The monoisotopic (exact) mass is 229 g/mol. The van der Waals surface area contributed by atoms with Crippen molar-refractivity contribution in [2.75, 3.05) is 6.54 Å². The zero-order chi connectivity index (χ0) is 11.7. The molecule has 17 heavy (non-hydrogen) atoms. The van der Waals surface area contributed by atoms with Gasteiger partial charge in [0.25, 0.3) is 0 Å². The molecule has 0 spiro atoms. The molecule has 0 aliphatic carbocycles. The van der Waals surface area contributed by atoms with Crippen molar-refractivity contribution in [2.45, 2.75) is 26.3 Å². The lowest BCUT2D eigenvalue weighted by Crippen LogP contribution is -2.26. The van der Waals surface area contributed by atoms with Crippen LogP contribution in [-0.2, 0) is 19.4 Å². The van der Waals surface area contributed by atoms with E-state index < -0.39 is 0 Å². The van der Waals surface area contributed by atoms with Crippen LogP contribution < -0.4 is 5.32 Å². The molecule has 1 aliphatic heterocycles. The molecule has 2 aromatic rings. The second kappa shape index (κ2) is 4.30. The van der Waals surface area contributed by atoms with E-state index in [9.17, 15) is 0 Å². The van der Waals surface area contributed by atoms with Gasteiger partial charge in [0.15, 0.2) is 5.82 Å². The van der Waals surface area contributed by atoms with Crippen molar-refractivity contribution in [3.63, 3.8) is 0 Å². The fraction of sp³-hybridized carbons (Fsp3) is 0.385. The fourth-order valence-corrected chi connectivity index (χ4v) is 2.23. The van der Waals surface area contributed by atoms with Crippen LogP contribution >= 0.6 is 0 Å². The normalized spacial score (nSPS) is 14.6. The highest BCUT2D eigenvalue weighted by atomic mass is 16.3. The summed E-state index contributed by atoms with van der Waals surface area (Å²) in [5.41, 5.74) is 4.58. The summed E-state index contributed by atoms with van der Waals surface area (Å²) in [5.74, 6) is 0.788. The Labute approximate surface area is 100 Å². The van der Waals surface area contributed by atoms with E-state index in [-0.39, 0.29) is 0 Å². The highest BCUT2D eigenvalue weighted by Gasteiger charge is 2.17. The number of hydrogen-bond acceptors (Lipinski definition) is 4. The van der Waals surface area contributed by atoms with Gasteiger partial charge in [0.2, 0.25) is 0 Å². The van der Waals surface area contributed by atoms with Crippen LogP contribution in [0.1, 0.15) is 23.9 Å². The van der Waals surface area contributed by atoms with E-state index in [4.69, 9.17) is 4.42 Å². The SMILES string of the molecule is CCc1nc(-c2ccoc2)nc2c1CNCC2. The van der Waals surface area contributed by atoms with Crippen molar-refractivity contribution >= 4 is 0 Å². The van der Waals surface area contributed by atoms with Gasteiger partial charge in [-0.15, -0.1) is 0 Å². The van der Waals surface area contributed by atoms with Crippen LogP contribution in [0.25, 0.3) is 11.4 Å². The second-order valence-electron chi connectivity index (χ2n) is 4.21. The number of rotatable bonds is 2. The Bertz CT molecular complexity index is 502. The van der Waals surface area contributed by atoms with Gasteiger partial charge in [-0.1, -0.05) is 6.92 Å². The molecule has 4 heteroatoms. The number of furan rings is 1. The molecule has 0 aromatic carbocycles. The number of hydrogen-bond donors (Lipinski definition) is 1. The van der Waals surface area contributed by atoms with Gasteiger partial charge < -0.3 is 9.73 Å². The van der Waals surface area contributed by atoms with Gasteiger partial charge in [-0.05, 0) is 12.5 Å². The standard InChI is InChI=1S/C13H15N3O/c1-2-11-10-7-14-5-3-12(10)16-13(15-11)9-4-6-17-8-9/h4,6,8,14H,2-3,5,7H2,1H3. The number of aryl methyl sites for hydroxylation is 1. The van der Waals surface area contributed by atoms with Crippen LogP contribution in [0.5, 0.6) is 0 Å². The summed E-state index contributed by atoms with van der Waals surface area (Å²) in [6, 6.07) is 1.91. The zero-order valence-corrected chi connectivity index (χ0v) is 9.86. The number of aromatic nitrogens is 2. The van der Waals surface area contributed by atoms with Gasteiger partial charge >= 0.3 is 0 Å². The number of fused-ring (bicyclic) bond motifs is 1. The first-order chi connectivity index (χ1) is 8.38. The first kappa shape index (κ1) is 10.5. The topological polar surface area (TPSA) is 51.0 Å². The molecule has 3 heterocycles. The van der Waals surface area contributed by atoms with Crippen molar-refractivity contribution in [1.82, 2.24) is 15.3 Å². The molecule has 0 saturated heterocycles. The van der Waals surface area contributed by atoms with E-state index in [0.29, 0.717) is 0 Å². The van der Waals surface area contributed by atoms with Crippen molar-refractivity contribution in [3.05, 3.63) is 35.5 Å². The van der Waals surface area contributed by atoms with Crippen LogP contribution in [0.15, 0.2) is 23.0 Å². The fourth-order valence-electron chi connectivity index (χ4n) is 2.23. The molecule has 0 amide bonds. The van der Waals surface area contributed by atoms with Crippen LogP contribution in [0.2, 0.25) is 0 Å². The third-order valence-electron chi connectivity index (χ3n) is 3.13. The van der Waals surface area contributed by atoms with Gasteiger partial charge in [0.1, 0.15) is 6.26 Å². The van der Waals surface area contributed by atoms with E-state index in [1.807, 2.05) is 6.07 Å². The Morgan fingerprint density at radius 3 is 3.12 bits per heavy atom. The summed E-state index contributed by atoms with van der Waals surface area (Å²) in [5, 5.41) is 3.37. The molecule has 0 atom stereocenters. The Balaban J connectivity index is 2.12. The quantitative estimate of drug-likeness (QED) is 0.855. The largest absolute Gasteiger partial charge is 0.472 e. The minimum Gasteiger partial charge on any atom is -0.472 e. The van der Waals surface area contributed by atoms with E-state index in [1.54, 1.807) is 12.5 Å². The first-order valence-corrected chi connectivity index (χ1v) is 6.00. The van der Waals surface area contributed by atoms with Gasteiger partial charge in [0.05, 0.1) is 17.5 Å². The maximum atomic E-state index is 5.09. The van der Waals surface area contributed by atoms with E-state index in [0.717, 1.165) is 43.0 Å². The summed E-state index contributed by atoms with van der Waals surface area (Å²) in [4.78, 5) is 9.29. The van der Waals surface area contributed by atoms with E-state index in [2.05, 4.69) is 22.2 Å². The minimum absolute atomic E-state index is 0.788. The Kier molecular flexibility index (Phi) is 2.65. The average molecular weight is 229 g/mol. The molecule has 0 saturated carbocycles. The molecular formula is C13H15N3O. The summed E-state index contributed by atoms with van der Waals surface area (Å²) in [7, 11) is 0. The third kappa shape index (κ3) is 1.85. The Hall–Kier alpha value is -1.68. The van der Waals surface area contributed by atoms with Gasteiger partial charge in [-0.2, -0.15) is 0 Å². The van der Waals surface area contributed by atoms with Crippen molar-refractivity contribution < 1.29 is 4.42 Å². The van der Waals surface area contributed by atoms with Crippen LogP contribution in [0, 0.1) is 0 Å². The van der Waals surface area contributed by atoms with Gasteiger partial charge in [-0.3, -0.25) is 0 Å². The molecule has 0 fully saturated rings. The molecule has 1 N–H and O–H groups in total. The molecule has 0 radical (unpaired) electrons. The Morgan fingerprint density at radius 1 is 1.41 bits per heavy atom. The summed E-state index contributed by atoms with van der Waals surface area (Å²) >= 11 is 0. The van der Waals surface area contributed by atoms with Crippen LogP contribution in [-0.4, -0.2) is 16.5 Å². The molecule has 2 aromatic heterocycles. The van der Waals surface area contributed by atoms with E-state index in [1.165, 1.54) is 11.3 Å². The molecular weight excluding hydrogens is 214 g/mol. The molecule has 3 rings (SSSR count). The van der Waals surface area contributed by atoms with Crippen molar-refractivity contribution in [3.8, 4) is 11.4 Å². The molecule has 0 unspecified atom stereocenters. The molecule has 88 valence electrons. The van der Waals surface area contributed by atoms with Gasteiger partial charge in [0, 0.05) is 30.8 Å². The van der Waals surface area contributed by atoms with Gasteiger partial charge in [-0.25, -0.2) is 9.97 Å². The predicted molar refractivity (Wildman–Crippen MR) is 64.5 cm³/mol. The van der Waals surface area contributed by atoms with Crippen LogP contribution in [0.4, 0.5) is 0 Å². The molecule has 0 bridgehead atoms. The number of nitrogens with zero attached hydrogens (tertiary/aromatic N) is 2. The Morgan fingerprint density at radius 2 is 2.35 bits per heavy atom. The maximum Gasteiger partial charge on any atom is 0.162 e. The van der Waals surface area contributed by atoms with Crippen molar-refractivity contribution in [2.24, 2.45) is 0 Å². The highest BCUT2D eigenvalue weighted by molar-refractivity contribution is 5.54. The summed E-state index contributed by atoms with van der Waals surface area (Å²) < 4.78 is 5.09. The molecule has 1 aliphatic rings. The van der Waals surface area contributed by atoms with E-state index >= 15 is 0 Å². The second-order valence-corrected chi connectivity index (χ2v) is 4.21. The number of nitrogens with one attached hydrogen (secondary N) is 1. The van der Waals surface area contributed by atoms with Crippen molar-refractivity contribution in [1.29, 1.82) is 0 Å². The average Bonchev–Trinajstić information content (AvgIpc) is 2.91.